The van der Waals surface area contributed by atoms with E-state index in [0.717, 1.165) is 10.2 Å². The van der Waals surface area contributed by atoms with Crippen molar-refractivity contribution in [2.45, 2.75) is 6.10 Å². The van der Waals surface area contributed by atoms with Gasteiger partial charge in [0, 0.05) is 12.3 Å². The van der Waals surface area contributed by atoms with Gasteiger partial charge >= 0.3 is 0 Å². The molecule has 9 heteroatoms. The summed E-state index contributed by atoms with van der Waals surface area (Å²) in [4.78, 5) is 4.28. The molecule has 3 aromatic heterocycles. The molecule has 0 N–H and O–H groups in total. The van der Waals surface area contributed by atoms with Crippen LogP contribution in [-0.2, 0) is 0 Å². The SMILES string of the molecule is Clc1ccc(C(Oc2ccc3nnsc3c2)c2nnco2)nc1. The van der Waals surface area contributed by atoms with E-state index < -0.39 is 6.10 Å². The predicted molar refractivity (Wildman–Crippen MR) is 83.4 cm³/mol. The number of fused-ring (bicyclic) bond motifs is 1. The van der Waals surface area contributed by atoms with Crippen LogP contribution >= 0.6 is 23.1 Å². The highest BCUT2D eigenvalue weighted by Gasteiger charge is 2.23. The lowest BCUT2D eigenvalue weighted by Crippen LogP contribution is -2.11. The predicted octanol–water partition coefficient (Wildman–Crippen LogP) is 3.29. The van der Waals surface area contributed by atoms with Crippen molar-refractivity contribution in [1.82, 2.24) is 24.8 Å². The van der Waals surface area contributed by atoms with Crippen LogP contribution in [0.1, 0.15) is 17.7 Å². The lowest BCUT2D eigenvalue weighted by Gasteiger charge is -2.15. The Morgan fingerprint density at radius 3 is 2.91 bits per heavy atom. The van der Waals surface area contributed by atoms with Gasteiger partial charge in [-0.1, -0.05) is 16.1 Å². The monoisotopic (exact) mass is 345 g/mol. The van der Waals surface area contributed by atoms with Gasteiger partial charge in [-0.2, -0.15) is 0 Å². The molecule has 4 aromatic rings. The first kappa shape index (κ1) is 14.0. The molecule has 0 fully saturated rings. The van der Waals surface area contributed by atoms with E-state index in [0.29, 0.717) is 22.4 Å². The van der Waals surface area contributed by atoms with E-state index in [2.05, 4.69) is 24.8 Å². The third-order valence-electron chi connectivity index (χ3n) is 3.09. The summed E-state index contributed by atoms with van der Waals surface area (Å²) < 4.78 is 16.1. The molecule has 3 heterocycles. The normalized spacial score (nSPS) is 12.4. The molecule has 0 aliphatic rings. The van der Waals surface area contributed by atoms with Gasteiger partial charge in [0.2, 0.25) is 12.5 Å². The molecule has 0 spiro atoms. The Kier molecular flexibility index (Phi) is 3.60. The summed E-state index contributed by atoms with van der Waals surface area (Å²) in [5.74, 6) is 0.936. The Balaban J connectivity index is 1.71. The first-order valence-corrected chi connectivity index (χ1v) is 7.71. The summed E-state index contributed by atoms with van der Waals surface area (Å²) >= 11 is 7.19. The second kappa shape index (κ2) is 5.90. The lowest BCUT2D eigenvalue weighted by molar-refractivity contribution is 0.203. The van der Waals surface area contributed by atoms with Gasteiger partial charge < -0.3 is 9.15 Å². The Morgan fingerprint density at radius 2 is 2.13 bits per heavy atom. The fourth-order valence-corrected chi connectivity index (χ4v) is 2.74. The number of nitrogens with zero attached hydrogens (tertiary/aromatic N) is 5. The van der Waals surface area contributed by atoms with Gasteiger partial charge in [-0.15, -0.1) is 15.3 Å². The summed E-state index contributed by atoms with van der Waals surface area (Å²) in [5.41, 5.74) is 1.43. The quantitative estimate of drug-likeness (QED) is 0.560. The van der Waals surface area contributed by atoms with E-state index in [1.165, 1.54) is 17.9 Å². The smallest absolute Gasteiger partial charge is 0.263 e. The average molecular weight is 346 g/mol. The Bertz CT molecular complexity index is 926. The number of halogens is 1. The Morgan fingerprint density at radius 1 is 1.17 bits per heavy atom. The molecule has 0 saturated carbocycles. The summed E-state index contributed by atoms with van der Waals surface area (Å²) in [5, 5.41) is 12.2. The van der Waals surface area contributed by atoms with Crippen molar-refractivity contribution in [3.8, 4) is 5.75 Å². The molecule has 1 atom stereocenters. The van der Waals surface area contributed by atoms with Gasteiger partial charge in [0.05, 0.1) is 15.4 Å². The highest BCUT2D eigenvalue weighted by molar-refractivity contribution is 7.12. The van der Waals surface area contributed by atoms with Crippen LogP contribution in [0.15, 0.2) is 47.3 Å². The first-order chi connectivity index (χ1) is 11.3. The summed E-state index contributed by atoms with van der Waals surface area (Å²) in [6.45, 7) is 0. The van der Waals surface area contributed by atoms with E-state index in [-0.39, 0.29) is 0 Å². The van der Waals surface area contributed by atoms with Crippen LogP contribution in [0.3, 0.4) is 0 Å². The average Bonchev–Trinajstić information content (AvgIpc) is 3.24. The van der Waals surface area contributed by atoms with Crippen LogP contribution in [0.5, 0.6) is 5.75 Å². The Hall–Kier alpha value is -2.58. The molecule has 0 aliphatic carbocycles. The molecule has 1 aromatic carbocycles. The standard InChI is InChI=1S/C14H8ClN5O2S/c15-8-1-3-11(16-6-8)13(14-19-17-7-21-14)22-9-2-4-10-12(5-9)23-20-18-10/h1-7,13H. The van der Waals surface area contributed by atoms with E-state index in [9.17, 15) is 0 Å². The fraction of sp³-hybridized carbons (Fsp3) is 0.0714. The molecule has 0 saturated heterocycles. The number of ether oxygens (including phenoxy) is 1. The number of hydrogen-bond acceptors (Lipinski definition) is 8. The van der Waals surface area contributed by atoms with Gasteiger partial charge in [-0.25, -0.2) is 0 Å². The van der Waals surface area contributed by atoms with E-state index in [1.807, 2.05) is 18.2 Å². The van der Waals surface area contributed by atoms with Gasteiger partial charge in [0.15, 0.2) is 0 Å². The molecular formula is C14H8ClN5O2S. The van der Waals surface area contributed by atoms with Crippen molar-refractivity contribution in [2.24, 2.45) is 0 Å². The van der Waals surface area contributed by atoms with Crippen molar-refractivity contribution in [3.05, 3.63) is 59.5 Å². The molecule has 0 aliphatic heterocycles. The zero-order valence-corrected chi connectivity index (χ0v) is 13.0. The van der Waals surface area contributed by atoms with Crippen molar-refractivity contribution in [1.29, 1.82) is 0 Å². The maximum absolute atomic E-state index is 6.01. The molecular weight excluding hydrogens is 338 g/mol. The summed E-state index contributed by atoms with van der Waals surface area (Å²) in [7, 11) is 0. The third kappa shape index (κ3) is 2.86. The van der Waals surface area contributed by atoms with Crippen molar-refractivity contribution in [3.63, 3.8) is 0 Å². The van der Waals surface area contributed by atoms with Crippen molar-refractivity contribution in [2.75, 3.05) is 0 Å². The first-order valence-electron chi connectivity index (χ1n) is 6.56. The van der Waals surface area contributed by atoms with Crippen LogP contribution < -0.4 is 4.74 Å². The Labute approximate surface area is 139 Å². The maximum atomic E-state index is 6.01. The number of hydrogen-bond donors (Lipinski definition) is 0. The van der Waals surface area contributed by atoms with Crippen molar-refractivity contribution < 1.29 is 9.15 Å². The topological polar surface area (TPSA) is 86.8 Å². The highest BCUT2D eigenvalue weighted by Crippen LogP contribution is 2.29. The van der Waals surface area contributed by atoms with Gasteiger partial charge in [0.25, 0.3) is 5.89 Å². The third-order valence-corrected chi connectivity index (χ3v) is 4.00. The van der Waals surface area contributed by atoms with E-state index in [1.54, 1.807) is 18.3 Å². The summed E-state index contributed by atoms with van der Waals surface area (Å²) in [6.07, 6.45) is 2.16. The van der Waals surface area contributed by atoms with E-state index in [4.69, 9.17) is 20.8 Å². The van der Waals surface area contributed by atoms with Gasteiger partial charge in [-0.3, -0.25) is 4.98 Å². The number of aromatic nitrogens is 5. The van der Waals surface area contributed by atoms with E-state index >= 15 is 0 Å². The van der Waals surface area contributed by atoms with Crippen LogP contribution in [0.25, 0.3) is 10.2 Å². The second-order valence-electron chi connectivity index (χ2n) is 4.58. The minimum Gasteiger partial charge on any atom is -0.474 e. The zero-order valence-electron chi connectivity index (χ0n) is 11.5. The number of pyridine rings is 1. The molecule has 23 heavy (non-hydrogen) atoms. The zero-order chi connectivity index (χ0) is 15.6. The second-order valence-corrected chi connectivity index (χ2v) is 5.80. The van der Waals surface area contributed by atoms with Crippen LogP contribution in [-0.4, -0.2) is 24.8 Å². The number of rotatable bonds is 4. The molecule has 4 rings (SSSR count). The molecule has 0 bridgehead atoms. The molecule has 0 amide bonds. The van der Waals surface area contributed by atoms with Crippen LogP contribution in [0.2, 0.25) is 5.02 Å². The van der Waals surface area contributed by atoms with Crippen LogP contribution in [0, 0.1) is 0 Å². The number of benzene rings is 1. The van der Waals surface area contributed by atoms with Crippen LogP contribution in [0.4, 0.5) is 0 Å². The van der Waals surface area contributed by atoms with Gasteiger partial charge in [-0.05, 0) is 35.8 Å². The maximum Gasteiger partial charge on any atom is 0.263 e. The minimum absolute atomic E-state index is 0.308. The minimum atomic E-state index is -0.631. The fourth-order valence-electron chi connectivity index (χ4n) is 2.04. The molecule has 1 unspecified atom stereocenters. The highest BCUT2D eigenvalue weighted by atomic mass is 35.5. The molecule has 114 valence electrons. The van der Waals surface area contributed by atoms with Crippen molar-refractivity contribution >= 4 is 33.4 Å². The van der Waals surface area contributed by atoms with Gasteiger partial charge in [0.1, 0.15) is 11.3 Å². The summed E-state index contributed by atoms with van der Waals surface area (Å²) in [6, 6.07) is 8.99. The molecule has 7 nitrogen and oxygen atoms in total. The molecule has 0 radical (unpaired) electrons. The largest absolute Gasteiger partial charge is 0.474 e. The lowest BCUT2D eigenvalue weighted by atomic mass is 10.2.